The van der Waals surface area contributed by atoms with Crippen molar-refractivity contribution in [3.63, 3.8) is 0 Å². The van der Waals surface area contributed by atoms with Gasteiger partial charge in [0.25, 0.3) is 5.24 Å². The maximum atomic E-state index is 11.9. The van der Waals surface area contributed by atoms with E-state index in [1.54, 1.807) is 35.6 Å². The molecule has 168 valence electrons. The second-order valence-corrected chi connectivity index (χ2v) is 9.73. The molecule has 1 fully saturated rings. The number of aryl methyl sites for hydroxylation is 1. The van der Waals surface area contributed by atoms with Crippen LogP contribution in [-0.2, 0) is 17.6 Å². The number of aromatic hydroxyl groups is 1. The van der Waals surface area contributed by atoms with E-state index in [0.717, 1.165) is 50.2 Å². The molecule has 0 bridgehead atoms. The van der Waals surface area contributed by atoms with Crippen LogP contribution in [0.1, 0.15) is 17.0 Å². The highest BCUT2D eigenvalue weighted by Gasteiger charge is 2.32. The van der Waals surface area contributed by atoms with Crippen LogP contribution in [-0.4, -0.2) is 33.1 Å². The number of amides is 2. The number of hydrogen-bond donors (Lipinski definition) is 2. The van der Waals surface area contributed by atoms with E-state index in [1.807, 2.05) is 30.5 Å². The number of oxazole rings is 1. The molecule has 1 aliphatic heterocycles. The molecule has 1 unspecified atom stereocenters. The second-order valence-electron chi connectivity index (χ2n) is 7.64. The van der Waals surface area contributed by atoms with Gasteiger partial charge in [-0.2, -0.15) is 0 Å². The van der Waals surface area contributed by atoms with E-state index in [-0.39, 0.29) is 16.9 Å². The minimum absolute atomic E-state index is 0.195. The summed E-state index contributed by atoms with van der Waals surface area (Å²) in [5.74, 6) is 1.98. The molecule has 9 heteroatoms. The van der Waals surface area contributed by atoms with Gasteiger partial charge in [-0.25, -0.2) is 4.98 Å². The van der Waals surface area contributed by atoms with Crippen molar-refractivity contribution < 1.29 is 23.8 Å². The van der Waals surface area contributed by atoms with Crippen molar-refractivity contribution in [3.8, 4) is 23.0 Å². The van der Waals surface area contributed by atoms with E-state index in [9.17, 15) is 14.7 Å². The Morgan fingerprint density at radius 2 is 1.97 bits per heavy atom. The highest BCUT2D eigenvalue weighted by molar-refractivity contribution is 8.15. The highest BCUT2D eigenvalue weighted by atomic mass is 32.2. The molecule has 3 heterocycles. The molecule has 2 aromatic heterocycles. The zero-order chi connectivity index (χ0) is 22.9. The fourth-order valence-electron chi connectivity index (χ4n) is 3.75. The van der Waals surface area contributed by atoms with E-state index >= 15 is 0 Å². The number of benzene rings is 2. The molecule has 33 heavy (non-hydrogen) atoms. The number of carbonyl (C=O) groups is 2. The third kappa shape index (κ3) is 4.46. The summed E-state index contributed by atoms with van der Waals surface area (Å²) in [6, 6.07) is 12.6. The third-order valence-corrected chi connectivity index (χ3v) is 7.41. The van der Waals surface area contributed by atoms with Gasteiger partial charge in [0.1, 0.15) is 17.3 Å². The molecular formula is C24H20N2O5S2. The number of imide groups is 1. The zero-order valence-corrected chi connectivity index (χ0v) is 19.3. The van der Waals surface area contributed by atoms with Crippen molar-refractivity contribution in [3.05, 3.63) is 64.9 Å². The van der Waals surface area contributed by atoms with Gasteiger partial charge in [0.05, 0.1) is 17.6 Å². The summed E-state index contributed by atoms with van der Waals surface area (Å²) in [6.07, 6.45) is 1.08. The zero-order valence-electron chi connectivity index (χ0n) is 17.7. The molecule has 2 N–H and O–H groups in total. The lowest BCUT2D eigenvalue weighted by Crippen LogP contribution is -2.25. The van der Waals surface area contributed by atoms with E-state index in [0.29, 0.717) is 25.3 Å². The van der Waals surface area contributed by atoms with Crippen LogP contribution in [0.15, 0.2) is 52.3 Å². The SMILES string of the molecule is Cc1oc(-c2ccc(O)cc2)nc1CCOc1ccc(CC2SC(=O)NC2=O)c2sccc12. The molecule has 2 aromatic carbocycles. The number of phenols is 1. The molecule has 1 atom stereocenters. The Labute approximate surface area is 197 Å². The van der Waals surface area contributed by atoms with Crippen LogP contribution in [0.5, 0.6) is 11.5 Å². The average Bonchev–Trinajstić information content (AvgIpc) is 3.50. The molecular weight excluding hydrogens is 460 g/mol. The van der Waals surface area contributed by atoms with Crippen molar-refractivity contribution in [2.45, 2.75) is 25.0 Å². The minimum atomic E-state index is -0.396. The summed E-state index contributed by atoms with van der Waals surface area (Å²) < 4.78 is 12.9. The van der Waals surface area contributed by atoms with E-state index in [2.05, 4.69) is 10.3 Å². The number of carbonyl (C=O) groups excluding carboxylic acids is 2. The van der Waals surface area contributed by atoms with Gasteiger partial charge in [0.2, 0.25) is 11.8 Å². The Balaban J connectivity index is 1.27. The van der Waals surface area contributed by atoms with Gasteiger partial charge in [0.15, 0.2) is 0 Å². The van der Waals surface area contributed by atoms with Crippen molar-refractivity contribution >= 4 is 44.3 Å². The third-order valence-electron chi connectivity index (χ3n) is 5.43. The van der Waals surface area contributed by atoms with E-state index in [4.69, 9.17) is 9.15 Å². The maximum absolute atomic E-state index is 11.9. The van der Waals surface area contributed by atoms with Crippen LogP contribution in [0.4, 0.5) is 4.79 Å². The van der Waals surface area contributed by atoms with Gasteiger partial charge in [0, 0.05) is 22.1 Å². The Morgan fingerprint density at radius 1 is 1.15 bits per heavy atom. The topological polar surface area (TPSA) is 102 Å². The molecule has 5 rings (SSSR count). The van der Waals surface area contributed by atoms with Crippen LogP contribution in [0.25, 0.3) is 21.5 Å². The Morgan fingerprint density at radius 3 is 2.73 bits per heavy atom. The number of thiophene rings is 1. The molecule has 1 aliphatic rings. The number of ether oxygens (including phenoxy) is 1. The van der Waals surface area contributed by atoms with Gasteiger partial charge in [-0.3, -0.25) is 14.9 Å². The Hall–Kier alpha value is -3.30. The molecule has 2 amide bonds. The predicted octanol–water partition coefficient (Wildman–Crippen LogP) is 5.09. The normalized spacial score (nSPS) is 15.8. The van der Waals surface area contributed by atoms with Gasteiger partial charge in [-0.15, -0.1) is 11.3 Å². The molecule has 0 saturated carbocycles. The van der Waals surface area contributed by atoms with Crippen molar-refractivity contribution in [2.75, 3.05) is 6.61 Å². The predicted molar refractivity (Wildman–Crippen MR) is 128 cm³/mol. The fraction of sp³-hybridized carbons (Fsp3) is 0.208. The highest BCUT2D eigenvalue weighted by Crippen LogP contribution is 2.35. The number of fused-ring (bicyclic) bond motifs is 1. The molecule has 0 spiro atoms. The first-order valence-electron chi connectivity index (χ1n) is 10.4. The summed E-state index contributed by atoms with van der Waals surface area (Å²) in [5.41, 5.74) is 2.65. The van der Waals surface area contributed by atoms with E-state index < -0.39 is 5.25 Å². The molecule has 7 nitrogen and oxygen atoms in total. The number of nitrogens with one attached hydrogen (secondary N) is 1. The number of thioether (sulfide) groups is 1. The standard InChI is InChI=1S/C24H20N2O5S2/c1-13-18(25-23(31-13)14-2-5-16(27)6-3-14)8-10-30-19-7-4-15(21-17(19)9-11-32-21)12-20-22(28)26-24(29)33-20/h2-7,9,11,20,27H,8,10,12H2,1H3,(H,26,28,29). The summed E-state index contributed by atoms with van der Waals surface area (Å²) in [7, 11) is 0. The quantitative estimate of drug-likeness (QED) is 0.380. The van der Waals surface area contributed by atoms with Crippen LogP contribution >= 0.6 is 23.1 Å². The maximum Gasteiger partial charge on any atom is 0.286 e. The molecule has 0 radical (unpaired) electrons. The number of hydrogen-bond acceptors (Lipinski definition) is 8. The number of nitrogens with zero attached hydrogens (tertiary/aromatic N) is 1. The van der Waals surface area contributed by atoms with Gasteiger partial charge >= 0.3 is 0 Å². The van der Waals surface area contributed by atoms with Crippen LogP contribution in [0, 0.1) is 6.92 Å². The van der Waals surface area contributed by atoms with Crippen molar-refractivity contribution in [1.29, 1.82) is 0 Å². The van der Waals surface area contributed by atoms with Crippen molar-refractivity contribution in [2.24, 2.45) is 0 Å². The first kappa shape index (κ1) is 21.5. The molecule has 0 aliphatic carbocycles. The van der Waals surface area contributed by atoms with Gasteiger partial charge in [-0.05, 0) is 60.7 Å². The van der Waals surface area contributed by atoms with Crippen LogP contribution in [0.3, 0.4) is 0 Å². The lowest BCUT2D eigenvalue weighted by Gasteiger charge is -2.11. The van der Waals surface area contributed by atoms with E-state index in [1.165, 1.54) is 0 Å². The first-order valence-corrected chi connectivity index (χ1v) is 12.1. The second kappa shape index (κ2) is 8.92. The number of aromatic nitrogens is 1. The largest absolute Gasteiger partial charge is 0.508 e. The first-order chi connectivity index (χ1) is 16.0. The average molecular weight is 481 g/mol. The molecule has 1 saturated heterocycles. The Bertz CT molecular complexity index is 1340. The van der Waals surface area contributed by atoms with Gasteiger partial charge < -0.3 is 14.3 Å². The summed E-state index contributed by atoms with van der Waals surface area (Å²) in [5, 5.41) is 14.1. The number of phenolic OH excluding ortho intramolecular Hbond substituents is 1. The minimum Gasteiger partial charge on any atom is -0.508 e. The summed E-state index contributed by atoms with van der Waals surface area (Å²) >= 11 is 2.64. The van der Waals surface area contributed by atoms with Crippen LogP contribution < -0.4 is 10.1 Å². The monoisotopic (exact) mass is 480 g/mol. The van der Waals surface area contributed by atoms with Crippen molar-refractivity contribution in [1.82, 2.24) is 10.3 Å². The van der Waals surface area contributed by atoms with Gasteiger partial charge in [-0.1, -0.05) is 17.8 Å². The summed E-state index contributed by atoms with van der Waals surface area (Å²) in [4.78, 5) is 28.0. The lowest BCUT2D eigenvalue weighted by atomic mass is 10.1. The fourth-order valence-corrected chi connectivity index (χ4v) is 5.54. The molecule has 4 aromatic rings. The Kier molecular flexibility index (Phi) is 5.82. The smallest absolute Gasteiger partial charge is 0.286 e. The lowest BCUT2D eigenvalue weighted by molar-refractivity contribution is -0.118. The number of rotatable bonds is 7. The van der Waals surface area contributed by atoms with Crippen LogP contribution in [0.2, 0.25) is 0 Å². The summed E-state index contributed by atoms with van der Waals surface area (Å²) in [6.45, 7) is 2.31.